The summed E-state index contributed by atoms with van der Waals surface area (Å²) in [6, 6.07) is 0.282. The van der Waals surface area contributed by atoms with Gasteiger partial charge in [-0.05, 0) is 26.3 Å². The number of hydrogen-bond donors (Lipinski definition) is 1. The number of nitrogens with zero attached hydrogens (tertiary/aromatic N) is 2. The molecule has 2 heterocycles. The first-order chi connectivity index (χ1) is 7.16. The van der Waals surface area contributed by atoms with Crippen molar-refractivity contribution in [3.8, 4) is 0 Å². The van der Waals surface area contributed by atoms with Gasteiger partial charge in [0.25, 0.3) is 0 Å². The standard InChI is InChI=1S/C10H15N3S2/c1-7-6-15-9(12-7)5-13-4-2-3-8(13)10(11)14/h6,8H,2-5H2,1H3,(H2,11,14). The topological polar surface area (TPSA) is 42.1 Å². The van der Waals surface area contributed by atoms with Gasteiger partial charge in [-0.1, -0.05) is 12.2 Å². The molecule has 1 aliphatic rings. The summed E-state index contributed by atoms with van der Waals surface area (Å²) in [5.41, 5.74) is 6.82. The van der Waals surface area contributed by atoms with Crippen LogP contribution in [0.5, 0.6) is 0 Å². The third kappa shape index (κ3) is 2.53. The van der Waals surface area contributed by atoms with E-state index < -0.39 is 0 Å². The van der Waals surface area contributed by atoms with Crippen LogP contribution in [0.2, 0.25) is 0 Å². The Kier molecular flexibility index (Phi) is 3.33. The molecule has 1 aromatic rings. The van der Waals surface area contributed by atoms with Gasteiger partial charge in [0.2, 0.25) is 0 Å². The zero-order valence-electron chi connectivity index (χ0n) is 8.77. The Hall–Kier alpha value is -0.520. The fourth-order valence-corrected chi connectivity index (χ4v) is 3.05. The second-order valence-electron chi connectivity index (χ2n) is 3.91. The molecule has 2 rings (SSSR count). The average molecular weight is 241 g/mol. The van der Waals surface area contributed by atoms with E-state index in [9.17, 15) is 0 Å². The van der Waals surface area contributed by atoms with E-state index in [0.717, 1.165) is 30.2 Å². The minimum Gasteiger partial charge on any atom is -0.392 e. The molecule has 1 fully saturated rings. The maximum Gasteiger partial charge on any atom is 0.107 e. The lowest BCUT2D eigenvalue weighted by atomic mass is 10.2. The number of rotatable bonds is 3. The molecule has 15 heavy (non-hydrogen) atoms. The summed E-state index contributed by atoms with van der Waals surface area (Å²) in [5, 5.41) is 3.25. The van der Waals surface area contributed by atoms with E-state index in [1.165, 1.54) is 6.42 Å². The maximum atomic E-state index is 5.72. The van der Waals surface area contributed by atoms with Crippen molar-refractivity contribution in [2.24, 2.45) is 5.73 Å². The lowest BCUT2D eigenvalue weighted by Crippen LogP contribution is -2.38. The molecule has 0 saturated carbocycles. The first-order valence-electron chi connectivity index (χ1n) is 5.11. The van der Waals surface area contributed by atoms with E-state index in [1.54, 1.807) is 11.3 Å². The van der Waals surface area contributed by atoms with Gasteiger partial charge in [0.1, 0.15) is 5.01 Å². The fraction of sp³-hybridized carbons (Fsp3) is 0.600. The summed E-state index contributed by atoms with van der Waals surface area (Å²) in [6.45, 7) is 4.00. The second kappa shape index (κ2) is 4.55. The smallest absolute Gasteiger partial charge is 0.107 e. The molecule has 5 heteroatoms. The highest BCUT2D eigenvalue weighted by atomic mass is 32.1. The SMILES string of the molecule is Cc1csc(CN2CCCC2C(N)=S)n1. The van der Waals surface area contributed by atoms with Gasteiger partial charge in [0, 0.05) is 11.1 Å². The average Bonchev–Trinajstić information content (AvgIpc) is 2.75. The molecule has 82 valence electrons. The van der Waals surface area contributed by atoms with Crippen LogP contribution in [0.3, 0.4) is 0 Å². The third-order valence-corrected chi connectivity index (χ3v) is 3.92. The lowest BCUT2D eigenvalue weighted by molar-refractivity contribution is 0.294. The van der Waals surface area contributed by atoms with Crippen molar-refractivity contribution in [2.45, 2.75) is 32.4 Å². The molecule has 1 atom stereocenters. The highest BCUT2D eigenvalue weighted by Gasteiger charge is 2.27. The molecule has 0 bridgehead atoms. The molecule has 1 unspecified atom stereocenters. The number of hydrogen-bond acceptors (Lipinski definition) is 4. The van der Waals surface area contributed by atoms with E-state index in [-0.39, 0.29) is 6.04 Å². The molecule has 0 aromatic carbocycles. The molecule has 0 amide bonds. The fourth-order valence-electron chi connectivity index (χ4n) is 1.99. The van der Waals surface area contributed by atoms with Gasteiger partial charge in [0.15, 0.2) is 0 Å². The van der Waals surface area contributed by atoms with E-state index in [2.05, 4.69) is 15.3 Å². The Morgan fingerprint density at radius 3 is 3.20 bits per heavy atom. The van der Waals surface area contributed by atoms with Crippen molar-refractivity contribution < 1.29 is 0 Å². The van der Waals surface area contributed by atoms with Crippen LogP contribution in [0, 0.1) is 6.92 Å². The van der Waals surface area contributed by atoms with Crippen molar-refractivity contribution in [3.05, 3.63) is 16.1 Å². The van der Waals surface area contributed by atoms with Crippen LogP contribution in [0.4, 0.5) is 0 Å². The largest absolute Gasteiger partial charge is 0.392 e. The van der Waals surface area contributed by atoms with Crippen molar-refractivity contribution in [2.75, 3.05) is 6.54 Å². The normalized spacial score (nSPS) is 22.1. The summed E-state index contributed by atoms with van der Waals surface area (Å²) in [6.07, 6.45) is 2.28. The second-order valence-corrected chi connectivity index (χ2v) is 5.33. The Balaban J connectivity index is 2.02. The summed E-state index contributed by atoms with van der Waals surface area (Å²) in [7, 11) is 0. The van der Waals surface area contributed by atoms with Crippen molar-refractivity contribution in [1.29, 1.82) is 0 Å². The van der Waals surface area contributed by atoms with Gasteiger partial charge in [-0.25, -0.2) is 4.98 Å². The summed E-state index contributed by atoms with van der Waals surface area (Å²) in [4.78, 5) is 7.42. The van der Waals surface area contributed by atoms with Gasteiger partial charge in [-0.3, -0.25) is 4.90 Å². The van der Waals surface area contributed by atoms with Gasteiger partial charge in [-0.2, -0.15) is 0 Å². The molecular weight excluding hydrogens is 226 g/mol. The zero-order valence-corrected chi connectivity index (χ0v) is 10.4. The number of thiocarbonyl (C=S) groups is 1. The first-order valence-corrected chi connectivity index (χ1v) is 6.40. The van der Waals surface area contributed by atoms with Crippen LogP contribution in [0.25, 0.3) is 0 Å². The van der Waals surface area contributed by atoms with Gasteiger partial charge >= 0.3 is 0 Å². The number of likely N-dealkylation sites (tertiary alicyclic amines) is 1. The monoisotopic (exact) mass is 241 g/mol. The molecule has 0 aliphatic carbocycles. The molecule has 3 nitrogen and oxygen atoms in total. The number of nitrogens with two attached hydrogens (primary N) is 1. The molecule has 1 aromatic heterocycles. The number of thiazole rings is 1. The Bertz CT molecular complexity index is 361. The van der Waals surface area contributed by atoms with E-state index in [1.807, 2.05) is 6.92 Å². The molecule has 2 N–H and O–H groups in total. The van der Waals surface area contributed by atoms with E-state index in [0.29, 0.717) is 4.99 Å². The van der Waals surface area contributed by atoms with Gasteiger partial charge in [0.05, 0.1) is 17.6 Å². The van der Waals surface area contributed by atoms with Crippen LogP contribution in [-0.2, 0) is 6.54 Å². The van der Waals surface area contributed by atoms with Crippen LogP contribution in [0.1, 0.15) is 23.5 Å². The summed E-state index contributed by atoms with van der Waals surface area (Å²) < 4.78 is 0. The molecular formula is C10H15N3S2. The predicted molar refractivity (Wildman–Crippen MR) is 67.1 cm³/mol. The summed E-state index contributed by atoms with van der Waals surface area (Å²) in [5.74, 6) is 0. The minimum absolute atomic E-state index is 0.282. The van der Waals surface area contributed by atoms with E-state index >= 15 is 0 Å². The third-order valence-electron chi connectivity index (χ3n) is 2.70. The van der Waals surface area contributed by atoms with Crippen LogP contribution in [-0.4, -0.2) is 27.5 Å². The van der Waals surface area contributed by atoms with Crippen molar-refractivity contribution in [1.82, 2.24) is 9.88 Å². The Morgan fingerprint density at radius 2 is 2.60 bits per heavy atom. The molecule has 1 saturated heterocycles. The van der Waals surface area contributed by atoms with Crippen LogP contribution in [0.15, 0.2) is 5.38 Å². The molecule has 0 spiro atoms. The highest BCUT2D eigenvalue weighted by Crippen LogP contribution is 2.21. The first kappa shape index (κ1) is 11.0. The number of aromatic nitrogens is 1. The zero-order chi connectivity index (χ0) is 10.8. The van der Waals surface area contributed by atoms with Gasteiger partial charge < -0.3 is 5.73 Å². The highest BCUT2D eigenvalue weighted by molar-refractivity contribution is 7.80. The maximum absolute atomic E-state index is 5.72. The van der Waals surface area contributed by atoms with Crippen LogP contribution < -0.4 is 5.73 Å². The van der Waals surface area contributed by atoms with Crippen molar-refractivity contribution in [3.63, 3.8) is 0 Å². The van der Waals surface area contributed by atoms with Gasteiger partial charge in [-0.15, -0.1) is 11.3 Å². The summed E-state index contributed by atoms with van der Waals surface area (Å²) >= 11 is 6.79. The van der Waals surface area contributed by atoms with Crippen molar-refractivity contribution >= 4 is 28.5 Å². The minimum atomic E-state index is 0.282. The Labute approximate surface area is 99.3 Å². The predicted octanol–water partition coefficient (Wildman–Crippen LogP) is 1.70. The Morgan fingerprint density at radius 1 is 1.80 bits per heavy atom. The number of aryl methyl sites for hydroxylation is 1. The van der Waals surface area contributed by atoms with Crippen LogP contribution >= 0.6 is 23.6 Å². The van der Waals surface area contributed by atoms with E-state index in [4.69, 9.17) is 18.0 Å². The quantitative estimate of drug-likeness (QED) is 0.818. The molecule has 1 aliphatic heterocycles. The lowest BCUT2D eigenvalue weighted by Gasteiger charge is -2.21. The molecule has 0 radical (unpaired) electrons.